The third-order valence-corrected chi connectivity index (χ3v) is 3.10. The lowest BCUT2D eigenvalue weighted by atomic mass is 10.1. The smallest absolute Gasteiger partial charge is 0.107 e. The van der Waals surface area contributed by atoms with Gasteiger partial charge in [-0.05, 0) is 12.8 Å². The van der Waals surface area contributed by atoms with Gasteiger partial charge in [-0.15, -0.1) is 0 Å². The zero-order valence-electron chi connectivity index (χ0n) is 10.5. The Morgan fingerprint density at radius 1 is 1.19 bits per heavy atom. The Balaban J connectivity index is 1.90. The van der Waals surface area contributed by atoms with Crippen LogP contribution in [0.3, 0.4) is 0 Å². The van der Waals surface area contributed by atoms with Crippen molar-refractivity contribution in [3.63, 3.8) is 0 Å². The number of aliphatic hydroxyl groups is 1. The van der Waals surface area contributed by atoms with Crippen LogP contribution < -0.4 is 0 Å². The summed E-state index contributed by atoms with van der Waals surface area (Å²) in [6, 6.07) is 0. The van der Waals surface area contributed by atoms with Crippen LogP contribution in [0.25, 0.3) is 0 Å². The van der Waals surface area contributed by atoms with Crippen molar-refractivity contribution in [3.8, 4) is 0 Å². The number of rotatable bonds is 8. The van der Waals surface area contributed by atoms with Gasteiger partial charge in [0.05, 0.1) is 12.7 Å². The van der Waals surface area contributed by atoms with Crippen molar-refractivity contribution in [1.29, 1.82) is 0 Å². The van der Waals surface area contributed by atoms with Crippen molar-refractivity contribution in [2.24, 2.45) is 0 Å². The van der Waals surface area contributed by atoms with E-state index in [1.807, 2.05) is 0 Å². The average Bonchev–Trinajstić information content (AvgIpc) is 2.30. The maximum Gasteiger partial charge on any atom is 0.107 e. The van der Waals surface area contributed by atoms with Crippen molar-refractivity contribution in [1.82, 2.24) is 0 Å². The lowest BCUT2D eigenvalue weighted by Gasteiger charge is -2.27. The van der Waals surface area contributed by atoms with Gasteiger partial charge in [0, 0.05) is 13.2 Å². The molecule has 0 aromatic rings. The SMILES string of the molecule is CCCCCCCCOC1COCCC1O. The molecule has 2 atom stereocenters. The van der Waals surface area contributed by atoms with E-state index >= 15 is 0 Å². The quantitative estimate of drug-likeness (QED) is 0.651. The van der Waals surface area contributed by atoms with E-state index < -0.39 is 0 Å². The molecule has 0 saturated carbocycles. The summed E-state index contributed by atoms with van der Waals surface area (Å²) >= 11 is 0. The van der Waals surface area contributed by atoms with E-state index in [2.05, 4.69) is 6.92 Å². The van der Waals surface area contributed by atoms with Crippen LogP contribution in [0.1, 0.15) is 51.9 Å². The maximum atomic E-state index is 9.64. The summed E-state index contributed by atoms with van der Waals surface area (Å²) in [5, 5.41) is 9.64. The number of hydrogen-bond acceptors (Lipinski definition) is 3. The van der Waals surface area contributed by atoms with Gasteiger partial charge in [0.2, 0.25) is 0 Å². The Bertz CT molecular complexity index is 161. The molecule has 1 saturated heterocycles. The van der Waals surface area contributed by atoms with E-state index in [1.165, 1.54) is 32.1 Å². The molecular weight excluding hydrogens is 204 g/mol. The van der Waals surface area contributed by atoms with Gasteiger partial charge in [0.15, 0.2) is 0 Å². The molecule has 1 aliphatic rings. The first-order chi connectivity index (χ1) is 7.84. The molecule has 0 aliphatic carbocycles. The summed E-state index contributed by atoms with van der Waals surface area (Å²) in [6.45, 7) is 4.21. The first-order valence-corrected chi connectivity index (χ1v) is 6.72. The lowest BCUT2D eigenvalue weighted by molar-refractivity contribution is -0.117. The third kappa shape index (κ3) is 5.83. The minimum atomic E-state index is -0.325. The molecular formula is C13H26O3. The normalized spacial score (nSPS) is 25.9. The van der Waals surface area contributed by atoms with E-state index in [0.29, 0.717) is 19.6 Å². The predicted octanol–water partition coefficient (Wildman–Crippen LogP) is 2.51. The molecule has 3 heteroatoms. The highest BCUT2D eigenvalue weighted by Gasteiger charge is 2.23. The van der Waals surface area contributed by atoms with Crippen molar-refractivity contribution in [3.05, 3.63) is 0 Å². The van der Waals surface area contributed by atoms with Crippen LogP contribution in [0.5, 0.6) is 0 Å². The summed E-state index contributed by atoms with van der Waals surface area (Å²) in [5.41, 5.74) is 0. The number of unbranched alkanes of at least 4 members (excludes halogenated alkanes) is 5. The van der Waals surface area contributed by atoms with Gasteiger partial charge < -0.3 is 14.6 Å². The molecule has 96 valence electrons. The Kier molecular flexibility index (Phi) is 7.81. The number of ether oxygens (including phenoxy) is 2. The van der Waals surface area contributed by atoms with E-state index in [0.717, 1.165) is 13.0 Å². The van der Waals surface area contributed by atoms with Crippen molar-refractivity contribution < 1.29 is 14.6 Å². The Morgan fingerprint density at radius 2 is 1.94 bits per heavy atom. The van der Waals surface area contributed by atoms with Crippen LogP contribution in [0.2, 0.25) is 0 Å². The fourth-order valence-corrected chi connectivity index (χ4v) is 1.98. The third-order valence-electron chi connectivity index (χ3n) is 3.10. The van der Waals surface area contributed by atoms with Gasteiger partial charge in [-0.2, -0.15) is 0 Å². The highest BCUT2D eigenvalue weighted by molar-refractivity contribution is 4.72. The van der Waals surface area contributed by atoms with Crippen LogP contribution in [0.15, 0.2) is 0 Å². The summed E-state index contributed by atoms with van der Waals surface area (Å²) in [6.07, 6.45) is 7.92. The first kappa shape index (κ1) is 13.9. The van der Waals surface area contributed by atoms with Gasteiger partial charge >= 0.3 is 0 Å². The highest BCUT2D eigenvalue weighted by atomic mass is 16.5. The van der Waals surface area contributed by atoms with Crippen molar-refractivity contribution >= 4 is 0 Å². The van der Waals surface area contributed by atoms with Crippen LogP contribution in [-0.4, -0.2) is 37.1 Å². The molecule has 1 aliphatic heterocycles. The second-order valence-corrected chi connectivity index (χ2v) is 4.61. The molecule has 2 unspecified atom stereocenters. The summed E-state index contributed by atoms with van der Waals surface area (Å²) in [7, 11) is 0. The molecule has 0 spiro atoms. The maximum absolute atomic E-state index is 9.64. The average molecular weight is 230 g/mol. The van der Waals surface area contributed by atoms with Crippen LogP contribution >= 0.6 is 0 Å². The van der Waals surface area contributed by atoms with E-state index in [-0.39, 0.29) is 12.2 Å². The van der Waals surface area contributed by atoms with Gasteiger partial charge in [0.25, 0.3) is 0 Å². The Labute approximate surface area is 99.1 Å². The van der Waals surface area contributed by atoms with E-state index in [9.17, 15) is 5.11 Å². The number of hydrogen-bond donors (Lipinski definition) is 1. The summed E-state index contributed by atoms with van der Waals surface area (Å²) < 4.78 is 10.9. The topological polar surface area (TPSA) is 38.7 Å². The van der Waals surface area contributed by atoms with Gasteiger partial charge in [-0.25, -0.2) is 0 Å². The van der Waals surface area contributed by atoms with Crippen LogP contribution in [0.4, 0.5) is 0 Å². The molecule has 0 amide bonds. The molecule has 1 fully saturated rings. The monoisotopic (exact) mass is 230 g/mol. The number of aliphatic hydroxyl groups excluding tert-OH is 1. The minimum Gasteiger partial charge on any atom is -0.390 e. The largest absolute Gasteiger partial charge is 0.390 e. The van der Waals surface area contributed by atoms with Gasteiger partial charge in [-0.1, -0.05) is 39.0 Å². The minimum absolute atomic E-state index is 0.0932. The summed E-state index contributed by atoms with van der Waals surface area (Å²) in [4.78, 5) is 0. The fraction of sp³-hybridized carbons (Fsp3) is 1.00. The van der Waals surface area contributed by atoms with E-state index in [4.69, 9.17) is 9.47 Å². The molecule has 0 radical (unpaired) electrons. The van der Waals surface area contributed by atoms with Crippen molar-refractivity contribution in [2.45, 2.75) is 64.1 Å². The highest BCUT2D eigenvalue weighted by Crippen LogP contribution is 2.12. The standard InChI is InChI=1S/C13H26O3/c1-2-3-4-5-6-7-9-16-13-11-15-10-8-12(13)14/h12-14H,2-11H2,1H3. The first-order valence-electron chi connectivity index (χ1n) is 6.72. The zero-order chi connectivity index (χ0) is 11.6. The molecule has 1 rings (SSSR count). The summed E-state index contributed by atoms with van der Waals surface area (Å²) in [5.74, 6) is 0. The molecule has 1 heterocycles. The van der Waals surface area contributed by atoms with Gasteiger partial charge in [0.1, 0.15) is 6.10 Å². The van der Waals surface area contributed by atoms with Crippen LogP contribution in [-0.2, 0) is 9.47 Å². The van der Waals surface area contributed by atoms with E-state index in [1.54, 1.807) is 0 Å². The fourth-order valence-electron chi connectivity index (χ4n) is 1.98. The Hall–Kier alpha value is -0.120. The van der Waals surface area contributed by atoms with Crippen LogP contribution in [0, 0.1) is 0 Å². The van der Waals surface area contributed by atoms with Crippen molar-refractivity contribution in [2.75, 3.05) is 19.8 Å². The molecule has 0 bridgehead atoms. The second-order valence-electron chi connectivity index (χ2n) is 4.61. The second kappa shape index (κ2) is 8.97. The molecule has 0 aromatic carbocycles. The predicted molar refractivity (Wildman–Crippen MR) is 64.6 cm³/mol. The lowest BCUT2D eigenvalue weighted by Crippen LogP contribution is -2.38. The van der Waals surface area contributed by atoms with Gasteiger partial charge in [-0.3, -0.25) is 0 Å². The molecule has 0 aromatic heterocycles. The molecule has 16 heavy (non-hydrogen) atoms. The molecule has 1 N–H and O–H groups in total. The molecule has 3 nitrogen and oxygen atoms in total. The Morgan fingerprint density at radius 3 is 2.69 bits per heavy atom. The zero-order valence-corrected chi connectivity index (χ0v) is 10.5.